The first-order chi connectivity index (χ1) is 11.0. The second-order valence-corrected chi connectivity index (χ2v) is 7.59. The number of nitrogens with one attached hydrogen (secondary N) is 1. The largest absolute Gasteiger partial charge is 0.327 e. The van der Waals surface area contributed by atoms with Gasteiger partial charge in [0, 0.05) is 34.7 Å². The second-order valence-electron chi connectivity index (χ2n) is 6.10. The van der Waals surface area contributed by atoms with Gasteiger partial charge in [0.15, 0.2) is 5.13 Å². The number of benzene rings is 1. The lowest BCUT2D eigenvalue weighted by atomic mass is 10.1. The van der Waals surface area contributed by atoms with Crippen LogP contribution in [0.25, 0.3) is 0 Å². The molecule has 1 aliphatic rings. The van der Waals surface area contributed by atoms with E-state index in [-0.39, 0.29) is 11.9 Å². The Labute approximate surface area is 145 Å². The highest BCUT2D eigenvalue weighted by Crippen LogP contribution is 2.44. The number of aromatic nitrogens is 1. The van der Waals surface area contributed by atoms with Gasteiger partial charge in [0.25, 0.3) is 0 Å². The van der Waals surface area contributed by atoms with Crippen LogP contribution in [-0.4, -0.2) is 16.9 Å². The Morgan fingerprint density at radius 3 is 2.87 bits per heavy atom. The van der Waals surface area contributed by atoms with E-state index in [0.717, 1.165) is 22.7 Å². The highest BCUT2D eigenvalue weighted by atomic mass is 35.5. The SMILES string of the molecule is CC(N)CC(=O)Nc1nc(C2CC2)c(Cc2ccccc2Cl)s1. The average Bonchev–Trinajstić information content (AvgIpc) is 3.24. The molecule has 2 aromatic rings. The lowest BCUT2D eigenvalue weighted by Gasteiger charge is -2.04. The van der Waals surface area contributed by atoms with E-state index in [2.05, 4.69) is 10.3 Å². The molecule has 1 aromatic carbocycles. The minimum atomic E-state index is -0.152. The van der Waals surface area contributed by atoms with E-state index in [1.807, 2.05) is 31.2 Å². The van der Waals surface area contributed by atoms with Crippen LogP contribution < -0.4 is 11.1 Å². The molecule has 23 heavy (non-hydrogen) atoms. The van der Waals surface area contributed by atoms with Gasteiger partial charge < -0.3 is 11.1 Å². The zero-order valence-electron chi connectivity index (χ0n) is 13.0. The van der Waals surface area contributed by atoms with Crippen molar-refractivity contribution in [2.24, 2.45) is 5.73 Å². The summed E-state index contributed by atoms with van der Waals surface area (Å²) in [5, 5.41) is 4.31. The fourth-order valence-corrected chi connectivity index (χ4v) is 3.79. The molecule has 1 amide bonds. The van der Waals surface area contributed by atoms with Crippen molar-refractivity contribution in [3.63, 3.8) is 0 Å². The standard InChI is InChI=1S/C17H20ClN3OS/c1-10(19)8-15(22)20-17-21-16(11-6-7-11)14(23-17)9-12-4-2-3-5-13(12)18/h2-5,10-11H,6-9,19H2,1H3,(H,20,21,22). The molecule has 0 spiro atoms. The molecular weight excluding hydrogens is 330 g/mol. The van der Waals surface area contributed by atoms with Crippen molar-refractivity contribution in [3.8, 4) is 0 Å². The molecule has 1 fully saturated rings. The first-order valence-corrected chi connectivity index (χ1v) is 9.01. The maximum absolute atomic E-state index is 11.9. The van der Waals surface area contributed by atoms with E-state index in [4.69, 9.17) is 17.3 Å². The van der Waals surface area contributed by atoms with Crippen LogP contribution in [0.2, 0.25) is 5.02 Å². The molecule has 1 heterocycles. The molecule has 0 saturated heterocycles. The highest BCUT2D eigenvalue weighted by Gasteiger charge is 2.30. The zero-order chi connectivity index (χ0) is 16.4. The second kappa shape index (κ2) is 6.99. The van der Waals surface area contributed by atoms with Crippen LogP contribution in [0.3, 0.4) is 0 Å². The van der Waals surface area contributed by atoms with Crippen molar-refractivity contribution in [2.45, 2.75) is 44.6 Å². The highest BCUT2D eigenvalue weighted by molar-refractivity contribution is 7.15. The van der Waals surface area contributed by atoms with Gasteiger partial charge in [-0.15, -0.1) is 11.3 Å². The van der Waals surface area contributed by atoms with Crippen LogP contribution in [0.5, 0.6) is 0 Å². The fourth-order valence-electron chi connectivity index (χ4n) is 2.50. The lowest BCUT2D eigenvalue weighted by molar-refractivity contribution is -0.116. The molecule has 122 valence electrons. The number of carbonyl (C=O) groups excluding carboxylic acids is 1. The van der Waals surface area contributed by atoms with Crippen molar-refractivity contribution in [1.29, 1.82) is 0 Å². The fraction of sp³-hybridized carbons (Fsp3) is 0.412. The number of rotatable bonds is 6. The Hall–Kier alpha value is -1.43. The Morgan fingerprint density at radius 2 is 2.22 bits per heavy atom. The summed E-state index contributed by atoms with van der Waals surface area (Å²) in [6.07, 6.45) is 3.41. The summed E-state index contributed by atoms with van der Waals surface area (Å²) in [5.41, 5.74) is 7.87. The average molecular weight is 350 g/mol. The van der Waals surface area contributed by atoms with Crippen molar-refractivity contribution in [3.05, 3.63) is 45.4 Å². The van der Waals surface area contributed by atoms with Gasteiger partial charge in [-0.3, -0.25) is 4.79 Å². The van der Waals surface area contributed by atoms with Gasteiger partial charge in [0.1, 0.15) is 0 Å². The normalized spacial score (nSPS) is 15.4. The number of nitrogens with two attached hydrogens (primary N) is 1. The molecule has 1 aromatic heterocycles. The van der Waals surface area contributed by atoms with Crippen LogP contribution in [-0.2, 0) is 11.2 Å². The molecular formula is C17H20ClN3OS. The van der Waals surface area contributed by atoms with Crippen molar-refractivity contribution in [2.75, 3.05) is 5.32 Å². The Kier molecular flexibility index (Phi) is 4.99. The summed E-state index contributed by atoms with van der Waals surface area (Å²) in [5.74, 6) is 0.447. The van der Waals surface area contributed by atoms with Crippen LogP contribution in [0.1, 0.15) is 48.2 Å². The van der Waals surface area contributed by atoms with Crippen molar-refractivity contribution in [1.82, 2.24) is 4.98 Å². The van der Waals surface area contributed by atoms with E-state index in [1.54, 1.807) is 11.3 Å². The minimum absolute atomic E-state index is 0.0830. The quantitative estimate of drug-likeness (QED) is 0.829. The molecule has 1 unspecified atom stereocenters. The first-order valence-electron chi connectivity index (χ1n) is 7.81. The smallest absolute Gasteiger partial charge is 0.227 e. The maximum Gasteiger partial charge on any atom is 0.227 e. The number of halogens is 1. The first kappa shape index (κ1) is 16.4. The van der Waals surface area contributed by atoms with Crippen LogP contribution in [0.4, 0.5) is 5.13 Å². The summed E-state index contributed by atoms with van der Waals surface area (Å²) < 4.78 is 0. The molecule has 6 heteroatoms. The van der Waals surface area contributed by atoms with Gasteiger partial charge in [0.05, 0.1) is 5.69 Å². The molecule has 1 atom stereocenters. The third-order valence-electron chi connectivity index (χ3n) is 3.75. The topological polar surface area (TPSA) is 68.0 Å². The monoisotopic (exact) mass is 349 g/mol. The van der Waals surface area contributed by atoms with E-state index < -0.39 is 0 Å². The third kappa shape index (κ3) is 4.31. The Bertz CT molecular complexity index is 710. The van der Waals surface area contributed by atoms with E-state index in [1.165, 1.54) is 17.7 Å². The predicted molar refractivity (Wildman–Crippen MR) is 95.2 cm³/mol. The molecule has 3 N–H and O–H groups in total. The Balaban J connectivity index is 1.79. The molecule has 4 nitrogen and oxygen atoms in total. The predicted octanol–water partition coefficient (Wildman–Crippen LogP) is 3.94. The van der Waals surface area contributed by atoms with Gasteiger partial charge in [-0.05, 0) is 31.4 Å². The van der Waals surface area contributed by atoms with Crippen molar-refractivity contribution >= 4 is 34.0 Å². The molecule has 1 aliphatic carbocycles. The molecule has 1 saturated carbocycles. The maximum atomic E-state index is 11.9. The summed E-state index contributed by atoms with van der Waals surface area (Å²) in [4.78, 5) is 17.7. The lowest BCUT2D eigenvalue weighted by Crippen LogP contribution is -2.23. The van der Waals surface area contributed by atoms with Gasteiger partial charge in [0.2, 0.25) is 5.91 Å². The van der Waals surface area contributed by atoms with Crippen molar-refractivity contribution < 1.29 is 4.79 Å². The number of amides is 1. The van der Waals surface area contributed by atoms with E-state index in [9.17, 15) is 4.79 Å². The number of hydrogen-bond acceptors (Lipinski definition) is 4. The van der Waals surface area contributed by atoms with Crippen LogP contribution in [0, 0.1) is 0 Å². The Morgan fingerprint density at radius 1 is 1.48 bits per heavy atom. The van der Waals surface area contributed by atoms with Crippen LogP contribution in [0.15, 0.2) is 24.3 Å². The van der Waals surface area contributed by atoms with Gasteiger partial charge in [-0.1, -0.05) is 29.8 Å². The van der Waals surface area contributed by atoms with E-state index in [0.29, 0.717) is 17.5 Å². The molecule has 0 aliphatic heterocycles. The van der Waals surface area contributed by atoms with E-state index >= 15 is 0 Å². The number of hydrogen-bond donors (Lipinski definition) is 2. The number of nitrogens with zero attached hydrogens (tertiary/aromatic N) is 1. The third-order valence-corrected chi connectivity index (χ3v) is 5.11. The number of anilines is 1. The summed E-state index contributed by atoms with van der Waals surface area (Å²) in [7, 11) is 0. The van der Waals surface area contributed by atoms with Gasteiger partial charge in [-0.2, -0.15) is 0 Å². The summed E-state index contributed by atoms with van der Waals surface area (Å²) in [6.45, 7) is 1.82. The molecule has 0 radical (unpaired) electrons. The van der Waals surface area contributed by atoms with Gasteiger partial charge >= 0.3 is 0 Å². The molecule has 3 rings (SSSR count). The minimum Gasteiger partial charge on any atom is -0.327 e. The van der Waals surface area contributed by atoms with Crippen LogP contribution >= 0.6 is 22.9 Å². The number of thiazole rings is 1. The van der Waals surface area contributed by atoms with Gasteiger partial charge in [-0.25, -0.2) is 4.98 Å². The number of carbonyl (C=O) groups is 1. The molecule has 0 bridgehead atoms. The summed E-state index contributed by atoms with van der Waals surface area (Å²) in [6, 6.07) is 7.71. The summed E-state index contributed by atoms with van der Waals surface area (Å²) >= 11 is 7.81. The zero-order valence-corrected chi connectivity index (χ0v) is 14.6.